The number of hydrogen-bond donors (Lipinski definition) is 0. The quantitative estimate of drug-likeness (QED) is 0.556. The minimum atomic E-state index is 0.450. The Morgan fingerprint density at radius 3 is 2.92 bits per heavy atom. The average Bonchev–Trinajstić information content (AvgIpc) is 2.82. The highest BCUT2D eigenvalue weighted by Gasteiger charge is 2.48. The number of amides is 1. The number of piperidine rings is 1. The molecule has 2 saturated heterocycles. The molecule has 0 aromatic rings. The van der Waals surface area contributed by atoms with Crippen LogP contribution < -0.4 is 0 Å². The van der Waals surface area contributed by atoms with Crippen LogP contribution in [0.5, 0.6) is 0 Å². The van der Waals surface area contributed by atoms with Gasteiger partial charge in [-0.2, -0.15) is 0 Å². The van der Waals surface area contributed by atoms with Crippen molar-refractivity contribution in [2.75, 3.05) is 0 Å². The second-order valence-corrected chi connectivity index (χ2v) is 4.84. The minimum Gasteiger partial charge on any atom is -0.336 e. The smallest absolute Gasteiger partial charge is 0.223 e. The van der Waals surface area contributed by atoms with Crippen LogP contribution in [0.1, 0.15) is 44.9 Å². The molecule has 3 aliphatic rings. The van der Waals surface area contributed by atoms with Crippen LogP contribution in [0.2, 0.25) is 0 Å². The third-order valence-corrected chi connectivity index (χ3v) is 3.96. The maximum Gasteiger partial charge on any atom is 0.223 e. The Balaban J connectivity index is 1.84. The van der Waals surface area contributed by atoms with Crippen LogP contribution >= 0.6 is 0 Å². The zero-order valence-corrected chi connectivity index (χ0v) is 8.04. The van der Waals surface area contributed by atoms with Crippen LogP contribution in [0, 0.1) is 5.92 Å². The molecule has 72 valence electrons. The van der Waals surface area contributed by atoms with Crippen molar-refractivity contribution in [1.82, 2.24) is 4.90 Å². The van der Waals surface area contributed by atoms with E-state index < -0.39 is 0 Å². The Bertz CT molecular complexity index is 238. The fraction of sp³-hybridized carbons (Fsp3) is 0.909. The molecular weight excluding hydrogens is 162 g/mol. The van der Waals surface area contributed by atoms with E-state index >= 15 is 0 Å². The maximum atomic E-state index is 11.7. The first kappa shape index (κ1) is 7.84. The second-order valence-electron chi connectivity index (χ2n) is 4.84. The molecule has 0 radical (unpaired) electrons. The third-order valence-electron chi connectivity index (χ3n) is 3.96. The molecule has 2 heteroatoms. The highest BCUT2D eigenvalue weighted by molar-refractivity contribution is 5.78. The van der Waals surface area contributed by atoms with Crippen molar-refractivity contribution in [3.63, 3.8) is 0 Å². The van der Waals surface area contributed by atoms with Crippen molar-refractivity contribution >= 4 is 5.91 Å². The van der Waals surface area contributed by atoms with E-state index in [1.165, 1.54) is 32.1 Å². The summed E-state index contributed by atoms with van der Waals surface area (Å²) < 4.78 is 0. The lowest BCUT2D eigenvalue weighted by Crippen LogP contribution is -2.44. The van der Waals surface area contributed by atoms with Crippen LogP contribution in [0.25, 0.3) is 0 Å². The molecule has 0 aromatic carbocycles. The summed E-state index contributed by atoms with van der Waals surface area (Å²) in [6.07, 6.45) is 8.55. The molecule has 13 heavy (non-hydrogen) atoms. The van der Waals surface area contributed by atoms with E-state index in [0.717, 1.165) is 18.8 Å². The SMILES string of the molecule is O=C1CCC[C@@H]2CCC[C@@H]3C[C@@H]3N12. The summed E-state index contributed by atoms with van der Waals surface area (Å²) >= 11 is 0. The summed E-state index contributed by atoms with van der Waals surface area (Å²) in [5.41, 5.74) is 0. The van der Waals surface area contributed by atoms with Gasteiger partial charge in [0.15, 0.2) is 0 Å². The summed E-state index contributed by atoms with van der Waals surface area (Å²) in [6, 6.07) is 1.29. The van der Waals surface area contributed by atoms with Crippen LogP contribution in [0.15, 0.2) is 0 Å². The predicted octanol–water partition coefficient (Wildman–Crippen LogP) is 1.94. The van der Waals surface area contributed by atoms with E-state index in [1.807, 2.05) is 0 Å². The molecule has 2 nitrogen and oxygen atoms in total. The third kappa shape index (κ3) is 1.18. The molecule has 3 rings (SSSR count). The van der Waals surface area contributed by atoms with Crippen molar-refractivity contribution in [2.24, 2.45) is 5.92 Å². The van der Waals surface area contributed by atoms with Gasteiger partial charge in [-0.3, -0.25) is 4.79 Å². The van der Waals surface area contributed by atoms with Crippen molar-refractivity contribution < 1.29 is 4.79 Å². The molecule has 0 bridgehead atoms. The average molecular weight is 179 g/mol. The molecule has 1 aliphatic carbocycles. The molecule has 0 spiro atoms. The summed E-state index contributed by atoms with van der Waals surface area (Å²) in [4.78, 5) is 14.0. The predicted molar refractivity (Wildman–Crippen MR) is 50.2 cm³/mol. The first-order valence-electron chi connectivity index (χ1n) is 5.67. The van der Waals surface area contributed by atoms with E-state index in [4.69, 9.17) is 0 Å². The van der Waals surface area contributed by atoms with E-state index in [2.05, 4.69) is 4.90 Å². The molecule has 2 aliphatic heterocycles. The largest absolute Gasteiger partial charge is 0.336 e. The van der Waals surface area contributed by atoms with E-state index in [-0.39, 0.29) is 0 Å². The summed E-state index contributed by atoms with van der Waals surface area (Å²) in [5, 5.41) is 0. The molecular formula is C11H17NO. The van der Waals surface area contributed by atoms with Gasteiger partial charge >= 0.3 is 0 Å². The zero-order chi connectivity index (χ0) is 8.84. The normalized spacial score (nSPS) is 43.5. The number of rotatable bonds is 0. The van der Waals surface area contributed by atoms with Gasteiger partial charge in [0.05, 0.1) is 0 Å². The van der Waals surface area contributed by atoms with E-state index in [1.54, 1.807) is 0 Å². The van der Waals surface area contributed by atoms with Gasteiger partial charge in [0.2, 0.25) is 5.91 Å². The first-order valence-corrected chi connectivity index (χ1v) is 5.67. The zero-order valence-electron chi connectivity index (χ0n) is 8.04. The van der Waals surface area contributed by atoms with Crippen molar-refractivity contribution in [3.05, 3.63) is 0 Å². The van der Waals surface area contributed by atoms with Crippen molar-refractivity contribution in [2.45, 2.75) is 57.0 Å². The molecule has 1 saturated carbocycles. The van der Waals surface area contributed by atoms with Gasteiger partial charge in [-0.25, -0.2) is 0 Å². The molecule has 3 atom stereocenters. The van der Waals surface area contributed by atoms with Crippen LogP contribution in [0.3, 0.4) is 0 Å². The van der Waals surface area contributed by atoms with Crippen LogP contribution in [0.4, 0.5) is 0 Å². The molecule has 1 amide bonds. The maximum absolute atomic E-state index is 11.7. The monoisotopic (exact) mass is 179 g/mol. The Morgan fingerprint density at radius 2 is 2.00 bits per heavy atom. The Morgan fingerprint density at radius 1 is 1.15 bits per heavy atom. The highest BCUT2D eigenvalue weighted by Crippen LogP contribution is 2.46. The van der Waals surface area contributed by atoms with Gasteiger partial charge in [0, 0.05) is 18.5 Å². The lowest BCUT2D eigenvalue weighted by atomic mass is 9.98. The minimum absolute atomic E-state index is 0.450. The van der Waals surface area contributed by atoms with Gasteiger partial charge in [0.1, 0.15) is 0 Å². The molecule has 2 heterocycles. The topological polar surface area (TPSA) is 20.3 Å². The lowest BCUT2D eigenvalue weighted by Gasteiger charge is -2.35. The van der Waals surface area contributed by atoms with Crippen LogP contribution in [-0.4, -0.2) is 22.9 Å². The Hall–Kier alpha value is -0.530. The summed E-state index contributed by atoms with van der Waals surface area (Å²) in [7, 11) is 0. The standard InChI is InChI=1S/C11H17NO/c13-11-6-2-5-9-4-1-3-8-7-10(8)12(9)11/h8-10H,1-7H2/t8-,9+,10+/m1/s1. The number of fused-ring (bicyclic) bond motifs is 3. The molecule has 0 unspecified atom stereocenters. The van der Waals surface area contributed by atoms with Gasteiger partial charge < -0.3 is 4.90 Å². The second kappa shape index (κ2) is 2.73. The fourth-order valence-corrected chi connectivity index (χ4v) is 3.20. The highest BCUT2D eigenvalue weighted by atomic mass is 16.2. The van der Waals surface area contributed by atoms with Gasteiger partial charge in [0.25, 0.3) is 0 Å². The Labute approximate surface area is 79.3 Å². The Kier molecular flexibility index (Phi) is 1.64. The van der Waals surface area contributed by atoms with Crippen molar-refractivity contribution in [1.29, 1.82) is 0 Å². The summed E-state index contributed by atoms with van der Waals surface area (Å²) in [6.45, 7) is 0. The number of nitrogens with zero attached hydrogens (tertiary/aromatic N) is 1. The number of hydrogen-bond acceptors (Lipinski definition) is 1. The number of carbonyl (C=O) groups excluding carboxylic acids is 1. The molecule has 3 fully saturated rings. The van der Waals surface area contributed by atoms with Crippen LogP contribution in [-0.2, 0) is 4.79 Å². The van der Waals surface area contributed by atoms with E-state index in [0.29, 0.717) is 18.0 Å². The van der Waals surface area contributed by atoms with Gasteiger partial charge in [-0.1, -0.05) is 6.42 Å². The number of carbonyl (C=O) groups is 1. The van der Waals surface area contributed by atoms with Crippen molar-refractivity contribution in [3.8, 4) is 0 Å². The fourth-order valence-electron chi connectivity index (χ4n) is 3.20. The molecule has 0 N–H and O–H groups in total. The summed E-state index contributed by atoms with van der Waals surface area (Å²) in [5.74, 6) is 1.33. The molecule has 0 aromatic heterocycles. The van der Waals surface area contributed by atoms with Gasteiger partial charge in [-0.15, -0.1) is 0 Å². The lowest BCUT2D eigenvalue weighted by molar-refractivity contribution is -0.137. The van der Waals surface area contributed by atoms with Gasteiger partial charge in [-0.05, 0) is 38.0 Å². The van der Waals surface area contributed by atoms with E-state index in [9.17, 15) is 4.79 Å². The first-order chi connectivity index (χ1) is 6.36.